The largest absolute Gasteiger partial charge is 0.266 e. The molecule has 1 heterocycles. The second-order valence-electron chi connectivity index (χ2n) is 1.73. The van der Waals surface area contributed by atoms with Gasteiger partial charge in [0.2, 0.25) is 0 Å². The predicted molar refractivity (Wildman–Crippen MR) is 31.4 cm³/mol. The molecule has 1 rings (SSSR count). The van der Waals surface area contributed by atoms with Crippen molar-refractivity contribution in [3.63, 3.8) is 0 Å². The summed E-state index contributed by atoms with van der Waals surface area (Å²) < 4.78 is 23.6. The maximum Gasteiger partial charge on any atom is 0.266 e. The minimum Gasteiger partial charge on any atom is -0.241 e. The van der Waals surface area contributed by atoms with Crippen LogP contribution in [0.2, 0.25) is 0 Å². The summed E-state index contributed by atoms with van der Waals surface area (Å²) >= 11 is 0. The molecule has 1 aromatic heterocycles. The van der Waals surface area contributed by atoms with Crippen LogP contribution in [0.3, 0.4) is 0 Å². The van der Waals surface area contributed by atoms with Gasteiger partial charge in [-0.15, -0.1) is 0 Å². The summed E-state index contributed by atoms with van der Waals surface area (Å²) in [5, 5.41) is 0. The average molecular weight is 143 g/mol. The van der Waals surface area contributed by atoms with E-state index in [4.69, 9.17) is 0 Å². The van der Waals surface area contributed by atoms with Gasteiger partial charge in [-0.3, -0.25) is 0 Å². The molecule has 0 aliphatic heterocycles. The Hall–Kier alpha value is -1.06. The van der Waals surface area contributed by atoms with Gasteiger partial charge in [0.05, 0.1) is 5.56 Å². The minimum atomic E-state index is -2.50. The first kappa shape index (κ1) is 7.05. The fourth-order valence-corrected chi connectivity index (χ4v) is 0.477. The Bertz CT molecular complexity index is 207. The third-order valence-electron chi connectivity index (χ3n) is 0.977. The third kappa shape index (κ3) is 1.46. The van der Waals surface area contributed by atoms with E-state index in [9.17, 15) is 8.78 Å². The van der Waals surface area contributed by atoms with Gasteiger partial charge in [-0.05, 0) is 0 Å². The molecule has 4 heteroatoms. The lowest BCUT2D eigenvalue weighted by Crippen LogP contribution is -1.90. The van der Waals surface area contributed by atoms with Crippen LogP contribution in [0.25, 0.3) is 0 Å². The van der Waals surface area contributed by atoms with Crippen molar-refractivity contribution >= 4 is 0 Å². The highest BCUT2D eigenvalue weighted by atomic mass is 19.3. The Morgan fingerprint density at radius 1 is 1.30 bits per heavy atom. The Balaban J connectivity index is 2.89. The van der Waals surface area contributed by atoms with Crippen LogP contribution in [0, 0.1) is 6.92 Å². The van der Waals surface area contributed by atoms with Crippen LogP contribution in [0.5, 0.6) is 0 Å². The molecule has 0 atom stereocenters. The van der Waals surface area contributed by atoms with Gasteiger partial charge in [-0.25, -0.2) is 18.7 Å². The van der Waals surface area contributed by atoms with Gasteiger partial charge in [0.1, 0.15) is 5.82 Å². The maximum absolute atomic E-state index is 11.8. The highest BCUT2D eigenvalue weighted by Crippen LogP contribution is 2.15. The Labute approximate surface area is 56.9 Å². The van der Waals surface area contributed by atoms with Crippen molar-refractivity contribution in [2.24, 2.45) is 0 Å². The molecule has 0 bridgehead atoms. The molecule has 0 saturated heterocycles. The zero-order valence-corrected chi connectivity index (χ0v) is 5.09. The van der Waals surface area contributed by atoms with Crippen molar-refractivity contribution < 1.29 is 8.78 Å². The predicted octanol–water partition coefficient (Wildman–Crippen LogP) is 1.60. The van der Waals surface area contributed by atoms with Gasteiger partial charge in [-0.2, -0.15) is 0 Å². The summed E-state index contributed by atoms with van der Waals surface area (Å²) in [6, 6.07) is 0. The Kier molecular flexibility index (Phi) is 1.89. The van der Waals surface area contributed by atoms with E-state index in [2.05, 4.69) is 16.9 Å². The van der Waals surface area contributed by atoms with E-state index in [1.807, 2.05) is 0 Å². The minimum absolute atomic E-state index is 0.174. The van der Waals surface area contributed by atoms with Gasteiger partial charge in [0, 0.05) is 19.3 Å². The molecule has 2 nitrogen and oxygen atoms in total. The molecule has 0 saturated carbocycles. The van der Waals surface area contributed by atoms with Gasteiger partial charge in [0.25, 0.3) is 6.43 Å². The zero-order chi connectivity index (χ0) is 7.56. The number of aromatic nitrogens is 2. The number of halogens is 2. The summed E-state index contributed by atoms with van der Waals surface area (Å²) in [4.78, 5) is 7.00. The summed E-state index contributed by atoms with van der Waals surface area (Å²) in [7, 11) is 0. The fraction of sp³-hybridized carbons (Fsp3) is 0.167. The zero-order valence-electron chi connectivity index (χ0n) is 5.09. The van der Waals surface area contributed by atoms with Crippen LogP contribution in [-0.2, 0) is 0 Å². The fourth-order valence-electron chi connectivity index (χ4n) is 0.477. The first-order chi connectivity index (χ1) is 4.70. The van der Waals surface area contributed by atoms with Crippen molar-refractivity contribution in [2.45, 2.75) is 6.43 Å². The monoisotopic (exact) mass is 143 g/mol. The summed E-state index contributed by atoms with van der Waals surface area (Å²) in [6.45, 7) is 3.35. The number of hydrogen-bond donors (Lipinski definition) is 0. The lowest BCUT2D eigenvalue weighted by molar-refractivity contribution is 0.150. The van der Waals surface area contributed by atoms with Crippen molar-refractivity contribution in [3.05, 3.63) is 30.7 Å². The molecule has 10 heavy (non-hydrogen) atoms. The quantitative estimate of drug-likeness (QED) is 0.596. The van der Waals surface area contributed by atoms with E-state index in [-0.39, 0.29) is 11.4 Å². The van der Waals surface area contributed by atoms with Gasteiger partial charge in [-0.1, -0.05) is 0 Å². The summed E-state index contributed by atoms with van der Waals surface area (Å²) in [5.74, 6) is 0.254. The van der Waals surface area contributed by atoms with Gasteiger partial charge < -0.3 is 0 Å². The maximum atomic E-state index is 11.8. The van der Waals surface area contributed by atoms with E-state index in [0.717, 1.165) is 12.4 Å². The molecule has 0 N–H and O–H groups in total. The van der Waals surface area contributed by atoms with E-state index < -0.39 is 6.43 Å². The summed E-state index contributed by atoms with van der Waals surface area (Å²) in [6.07, 6.45) is -0.361. The number of alkyl halides is 2. The second kappa shape index (κ2) is 2.68. The van der Waals surface area contributed by atoms with E-state index in [1.54, 1.807) is 0 Å². The van der Waals surface area contributed by atoms with E-state index in [1.165, 1.54) is 0 Å². The smallest absolute Gasteiger partial charge is 0.241 e. The van der Waals surface area contributed by atoms with Crippen molar-refractivity contribution in [1.29, 1.82) is 0 Å². The molecule has 0 amide bonds. The van der Waals surface area contributed by atoms with E-state index >= 15 is 0 Å². The van der Waals surface area contributed by atoms with Crippen molar-refractivity contribution in [3.8, 4) is 0 Å². The molecule has 0 aliphatic carbocycles. The highest BCUT2D eigenvalue weighted by molar-refractivity contribution is 5.07. The van der Waals surface area contributed by atoms with Crippen LogP contribution in [-0.4, -0.2) is 9.97 Å². The first-order valence-electron chi connectivity index (χ1n) is 2.62. The lowest BCUT2D eigenvalue weighted by atomic mass is 10.4. The standard InChI is InChI=1S/C6H5F2N2/c1-4-9-2-5(3-10-4)6(7)8/h2-3,6H,1H2. The molecule has 0 aromatic carbocycles. The van der Waals surface area contributed by atoms with Crippen LogP contribution in [0.1, 0.15) is 17.8 Å². The van der Waals surface area contributed by atoms with Crippen LogP contribution in [0.15, 0.2) is 12.4 Å². The van der Waals surface area contributed by atoms with Crippen LogP contribution in [0.4, 0.5) is 8.78 Å². The second-order valence-corrected chi connectivity index (χ2v) is 1.73. The van der Waals surface area contributed by atoms with Gasteiger partial charge >= 0.3 is 0 Å². The number of nitrogens with zero attached hydrogens (tertiary/aromatic N) is 2. The molecular formula is C6H5F2N2. The van der Waals surface area contributed by atoms with E-state index in [0.29, 0.717) is 0 Å². The molecule has 0 fully saturated rings. The average Bonchev–Trinajstić information content (AvgIpc) is 1.88. The third-order valence-corrected chi connectivity index (χ3v) is 0.977. The Morgan fingerprint density at radius 3 is 2.20 bits per heavy atom. The van der Waals surface area contributed by atoms with Gasteiger partial charge in [0.15, 0.2) is 0 Å². The molecule has 1 radical (unpaired) electrons. The molecule has 0 spiro atoms. The summed E-state index contributed by atoms with van der Waals surface area (Å²) in [5.41, 5.74) is -0.174. The highest BCUT2D eigenvalue weighted by Gasteiger charge is 2.05. The lowest BCUT2D eigenvalue weighted by Gasteiger charge is -1.95. The Morgan fingerprint density at radius 2 is 1.80 bits per heavy atom. The van der Waals surface area contributed by atoms with Crippen LogP contribution < -0.4 is 0 Å². The molecule has 0 unspecified atom stereocenters. The van der Waals surface area contributed by atoms with Crippen molar-refractivity contribution in [2.75, 3.05) is 0 Å². The van der Waals surface area contributed by atoms with Crippen LogP contribution >= 0.6 is 0 Å². The normalized spacial score (nSPS) is 10.4. The molecule has 53 valence electrons. The van der Waals surface area contributed by atoms with Crippen molar-refractivity contribution in [1.82, 2.24) is 9.97 Å². The number of hydrogen-bond acceptors (Lipinski definition) is 2. The number of rotatable bonds is 1. The molecule has 1 aromatic rings. The SMILES string of the molecule is [CH2]c1ncc(C(F)F)cn1. The molecule has 0 aliphatic rings. The first-order valence-corrected chi connectivity index (χ1v) is 2.62. The topological polar surface area (TPSA) is 25.8 Å². The molecular weight excluding hydrogens is 138 g/mol.